The van der Waals surface area contributed by atoms with Crippen molar-refractivity contribution in [2.75, 3.05) is 19.0 Å². The molecule has 3 aromatic rings. The monoisotopic (exact) mass is 499 g/mol. The molecule has 3 aromatic carbocycles. The summed E-state index contributed by atoms with van der Waals surface area (Å²) in [6, 6.07) is 22.7. The molecule has 3 amide bonds. The van der Waals surface area contributed by atoms with Crippen molar-refractivity contribution in [1.82, 2.24) is 10.2 Å². The Bertz CT molecular complexity index is 1290. The number of benzene rings is 3. The fourth-order valence-electron chi connectivity index (χ4n) is 4.49. The van der Waals surface area contributed by atoms with Crippen LogP contribution in [-0.2, 0) is 16.1 Å². The first-order valence-electron chi connectivity index (χ1n) is 12.4. The second-order valence-electron chi connectivity index (χ2n) is 9.33. The van der Waals surface area contributed by atoms with E-state index in [4.69, 9.17) is 9.47 Å². The number of methoxy groups -OCH3 is 1. The van der Waals surface area contributed by atoms with Crippen LogP contribution in [0, 0.1) is 5.92 Å². The van der Waals surface area contributed by atoms with Gasteiger partial charge in [0.25, 0.3) is 5.91 Å². The van der Waals surface area contributed by atoms with Crippen LogP contribution in [0.2, 0.25) is 0 Å². The molecule has 37 heavy (non-hydrogen) atoms. The molecule has 190 valence electrons. The van der Waals surface area contributed by atoms with Crippen molar-refractivity contribution >= 4 is 23.6 Å². The normalized spacial score (nSPS) is 18.7. The zero-order chi connectivity index (χ0) is 25.8. The molecule has 1 heterocycles. The van der Waals surface area contributed by atoms with Crippen molar-refractivity contribution in [2.24, 2.45) is 5.92 Å². The lowest BCUT2D eigenvalue weighted by Gasteiger charge is -2.24. The maximum absolute atomic E-state index is 13.4. The predicted octanol–water partition coefficient (Wildman–Crippen LogP) is 4.54. The summed E-state index contributed by atoms with van der Waals surface area (Å²) in [5.74, 6) is 0.380. The first-order chi connectivity index (χ1) is 18.0. The van der Waals surface area contributed by atoms with Crippen molar-refractivity contribution in [1.29, 1.82) is 0 Å². The van der Waals surface area contributed by atoms with Crippen LogP contribution in [0.25, 0.3) is 0 Å². The standard InChI is InChI=1S/C29H29N3O5/c1-36-24-13-6-5-12-23(24)27(33)31-22-11-7-10-21(16-22)26-25(28(34)30-17-19-14-15-19)32(29(35)37-26)18-20-8-3-2-4-9-20/h2-13,16,19,25-26H,14-15,17-18H2,1H3,(H,30,34)(H,31,33). The third kappa shape index (κ3) is 5.58. The molecule has 2 fully saturated rings. The third-order valence-electron chi connectivity index (χ3n) is 6.64. The molecule has 0 radical (unpaired) electrons. The highest BCUT2D eigenvalue weighted by Crippen LogP contribution is 2.35. The number of nitrogens with one attached hydrogen (secondary N) is 2. The molecule has 2 atom stereocenters. The Hall–Kier alpha value is -4.33. The maximum atomic E-state index is 13.4. The van der Waals surface area contributed by atoms with Gasteiger partial charge in [-0.1, -0.05) is 54.6 Å². The minimum absolute atomic E-state index is 0.248. The number of amides is 3. The van der Waals surface area contributed by atoms with Gasteiger partial charge in [-0.25, -0.2) is 4.79 Å². The van der Waals surface area contributed by atoms with Gasteiger partial charge in [0.15, 0.2) is 12.1 Å². The van der Waals surface area contributed by atoms with E-state index < -0.39 is 18.2 Å². The Morgan fingerprint density at radius 2 is 1.76 bits per heavy atom. The molecule has 2 aliphatic rings. The van der Waals surface area contributed by atoms with E-state index in [1.165, 1.54) is 12.0 Å². The van der Waals surface area contributed by atoms with Crippen molar-refractivity contribution in [2.45, 2.75) is 31.5 Å². The van der Waals surface area contributed by atoms with Crippen molar-refractivity contribution in [3.05, 3.63) is 95.6 Å². The lowest BCUT2D eigenvalue weighted by molar-refractivity contribution is -0.126. The van der Waals surface area contributed by atoms with Gasteiger partial charge < -0.3 is 20.1 Å². The molecule has 1 aliphatic heterocycles. The Morgan fingerprint density at radius 3 is 2.51 bits per heavy atom. The molecule has 0 spiro atoms. The minimum atomic E-state index is -0.841. The number of para-hydroxylation sites is 1. The van der Waals surface area contributed by atoms with E-state index in [-0.39, 0.29) is 18.4 Å². The first-order valence-corrected chi connectivity index (χ1v) is 12.4. The number of hydrogen-bond acceptors (Lipinski definition) is 5. The Balaban J connectivity index is 1.39. The maximum Gasteiger partial charge on any atom is 0.411 e. The fourth-order valence-corrected chi connectivity index (χ4v) is 4.49. The van der Waals surface area contributed by atoms with Gasteiger partial charge in [-0.05, 0) is 54.2 Å². The van der Waals surface area contributed by atoms with E-state index in [0.29, 0.717) is 35.0 Å². The lowest BCUT2D eigenvalue weighted by atomic mass is 10.00. The van der Waals surface area contributed by atoms with E-state index in [9.17, 15) is 14.4 Å². The van der Waals surface area contributed by atoms with Crippen LogP contribution in [0.5, 0.6) is 5.75 Å². The van der Waals surface area contributed by atoms with E-state index in [1.807, 2.05) is 30.3 Å². The summed E-state index contributed by atoms with van der Waals surface area (Å²) < 4.78 is 11.1. The smallest absolute Gasteiger partial charge is 0.411 e. The topological polar surface area (TPSA) is 97.0 Å². The second kappa shape index (κ2) is 10.7. The molecule has 1 saturated heterocycles. The highest BCUT2D eigenvalue weighted by molar-refractivity contribution is 6.06. The van der Waals surface area contributed by atoms with Gasteiger partial charge in [0.2, 0.25) is 5.91 Å². The largest absolute Gasteiger partial charge is 0.496 e. The molecular weight excluding hydrogens is 470 g/mol. The molecule has 0 aromatic heterocycles. The summed E-state index contributed by atoms with van der Waals surface area (Å²) in [4.78, 5) is 40.7. The molecule has 2 N–H and O–H groups in total. The Morgan fingerprint density at radius 1 is 1.00 bits per heavy atom. The van der Waals surface area contributed by atoms with E-state index in [1.54, 1.807) is 48.5 Å². The zero-order valence-corrected chi connectivity index (χ0v) is 20.6. The average Bonchev–Trinajstić information content (AvgIpc) is 3.70. The van der Waals surface area contributed by atoms with Crippen LogP contribution in [0.15, 0.2) is 78.9 Å². The summed E-state index contributed by atoms with van der Waals surface area (Å²) >= 11 is 0. The van der Waals surface area contributed by atoms with Gasteiger partial charge >= 0.3 is 6.09 Å². The number of ether oxygens (including phenoxy) is 2. The van der Waals surface area contributed by atoms with Crippen LogP contribution >= 0.6 is 0 Å². The van der Waals surface area contributed by atoms with Crippen molar-refractivity contribution in [3.8, 4) is 5.75 Å². The van der Waals surface area contributed by atoms with Crippen LogP contribution in [0.1, 0.15) is 40.4 Å². The Labute approximate surface area is 215 Å². The number of carbonyl (C=O) groups excluding carboxylic acids is 3. The third-order valence-corrected chi connectivity index (χ3v) is 6.64. The summed E-state index contributed by atoms with van der Waals surface area (Å²) in [6.07, 6.45) is 0.833. The van der Waals surface area contributed by atoms with E-state index in [2.05, 4.69) is 10.6 Å². The average molecular weight is 500 g/mol. The van der Waals surface area contributed by atoms with Gasteiger partial charge in [0.05, 0.1) is 19.2 Å². The van der Waals surface area contributed by atoms with Crippen LogP contribution in [-0.4, -0.2) is 42.5 Å². The highest BCUT2D eigenvalue weighted by Gasteiger charge is 2.47. The molecule has 8 nitrogen and oxygen atoms in total. The SMILES string of the molecule is COc1ccccc1C(=O)Nc1cccc(C2OC(=O)N(Cc3ccccc3)C2C(=O)NCC2CC2)c1. The van der Waals surface area contributed by atoms with Crippen molar-refractivity contribution in [3.63, 3.8) is 0 Å². The fraction of sp³-hybridized carbons (Fsp3) is 0.276. The van der Waals surface area contributed by atoms with Crippen molar-refractivity contribution < 1.29 is 23.9 Å². The van der Waals surface area contributed by atoms with Crippen LogP contribution < -0.4 is 15.4 Å². The molecule has 2 unspecified atom stereocenters. The number of nitrogens with zero attached hydrogens (tertiary/aromatic N) is 1. The quantitative estimate of drug-likeness (QED) is 0.451. The molecule has 1 saturated carbocycles. The van der Waals surface area contributed by atoms with E-state index in [0.717, 1.165) is 18.4 Å². The predicted molar refractivity (Wildman–Crippen MR) is 138 cm³/mol. The first kappa shape index (κ1) is 24.4. The van der Waals surface area contributed by atoms with Gasteiger partial charge in [0, 0.05) is 12.2 Å². The number of carbonyl (C=O) groups is 3. The molecule has 5 rings (SSSR count). The number of cyclic esters (lactones) is 1. The van der Waals surface area contributed by atoms with Gasteiger partial charge in [-0.15, -0.1) is 0 Å². The molecule has 1 aliphatic carbocycles. The highest BCUT2D eigenvalue weighted by atomic mass is 16.6. The summed E-state index contributed by atoms with van der Waals surface area (Å²) in [5.41, 5.74) is 2.43. The Kier molecular flexibility index (Phi) is 7.07. The molecular formula is C29H29N3O5. The number of rotatable bonds is 9. The van der Waals surface area contributed by atoms with Crippen LogP contribution in [0.4, 0.5) is 10.5 Å². The van der Waals surface area contributed by atoms with Gasteiger partial charge in [-0.3, -0.25) is 14.5 Å². The number of anilines is 1. The lowest BCUT2D eigenvalue weighted by Crippen LogP contribution is -2.46. The van der Waals surface area contributed by atoms with E-state index >= 15 is 0 Å². The summed E-state index contributed by atoms with van der Waals surface area (Å²) in [6.45, 7) is 0.840. The second-order valence-corrected chi connectivity index (χ2v) is 9.33. The number of hydrogen-bond donors (Lipinski definition) is 2. The van der Waals surface area contributed by atoms with Gasteiger partial charge in [0.1, 0.15) is 5.75 Å². The minimum Gasteiger partial charge on any atom is -0.496 e. The molecule has 0 bridgehead atoms. The van der Waals surface area contributed by atoms with Crippen LogP contribution in [0.3, 0.4) is 0 Å². The zero-order valence-electron chi connectivity index (χ0n) is 20.6. The van der Waals surface area contributed by atoms with Gasteiger partial charge in [-0.2, -0.15) is 0 Å². The summed E-state index contributed by atoms with van der Waals surface area (Å²) in [5, 5.41) is 5.89. The molecule has 8 heteroatoms. The summed E-state index contributed by atoms with van der Waals surface area (Å²) in [7, 11) is 1.51.